The molecule has 5 heteroatoms. The first-order valence-corrected chi connectivity index (χ1v) is 6.50. The Kier molecular flexibility index (Phi) is 3.64. The predicted molar refractivity (Wildman–Crippen MR) is 77.7 cm³/mol. The highest BCUT2D eigenvalue weighted by Crippen LogP contribution is 2.19. The molecule has 3 aromatic rings. The Balaban J connectivity index is 1.68. The fourth-order valence-corrected chi connectivity index (χ4v) is 2.05. The number of hydrogen-bond donors (Lipinski definition) is 2. The van der Waals surface area contributed by atoms with Gasteiger partial charge < -0.3 is 5.32 Å². The zero-order valence-electron chi connectivity index (χ0n) is 11.1. The summed E-state index contributed by atoms with van der Waals surface area (Å²) in [6.07, 6.45) is 1.69. The maximum Gasteiger partial charge on any atom is 0.131 e. The fourth-order valence-electron chi connectivity index (χ4n) is 2.05. The molecular weight excluding hydrogens is 272 g/mol. The maximum atomic E-state index is 13.5. The minimum absolute atomic E-state index is 0.301. The monoisotopic (exact) mass is 285 g/mol. The maximum absolute atomic E-state index is 13.5. The number of aromatic amines is 1. The Morgan fingerprint density at radius 2 is 1.81 bits per heavy atom. The van der Waals surface area contributed by atoms with E-state index < -0.39 is 11.6 Å². The van der Waals surface area contributed by atoms with E-state index in [4.69, 9.17) is 0 Å². The highest BCUT2D eigenvalue weighted by Gasteiger charge is 2.04. The van der Waals surface area contributed by atoms with E-state index in [2.05, 4.69) is 15.5 Å². The van der Waals surface area contributed by atoms with Crippen molar-refractivity contribution in [1.82, 2.24) is 10.2 Å². The van der Waals surface area contributed by atoms with Crippen LogP contribution in [0.3, 0.4) is 0 Å². The van der Waals surface area contributed by atoms with Crippen molar-refractivity contribution < 1.29 is 8.78 Å². The molecule has 0 fully saturated rings. The summed E-state index contributed by atoms with van der Waals surface area (Å²) in [6, 6.07) is 13.1. The van der Waals surface area contributed by atoms with Gasteiger partial charge in [-0.15, -0.1) is 0 Å². The molecule has 2 N–H and O–H groups in total. The number of H-pyrrole nitrogens is 1. The summed E-state index contributed by atoms with van der Waals surface area (Å²) in [5.74, 6) is -1.11. The third kappa shape index (κ3) is 3.08. The van der Waals surface area contributed by atoms with Crippen LogP contribution in [0, 0.1) is 11.6 Å². The predicted octanol–water partition coefficient (Wildman–Crippen LogP) is 3.97. The largest absolute Gasteiger partial charge is 0.381 e. The van der Waals surface area contributed by atoms with Crippen LogP contribution in [0.15, 0.2) is 54.7 Å². The molecule has 2 aromatic carbocycles. The van der Waals surface area contributed by atoms with Crippen LogP contribution in [0.2, 0.25) is 0 Å². The molecule has 21 heavy (non-hydrogen) atoms. The summed E-state index contributed by atoms with van der Waals surface area (Å²) >= 11 is 0. The average Bonchev–Trinajstić information content (AvgIpc) is 3.01. The third-order valence-electron chi connectivity index (χ3n) is 3.19. The summed E-state index contributed by atoms with van der Waals surface area (Å²) in [7, 11) is 0. The summed E-state index contributed by atoms with van der Waals surface area (Å²) in [4.78, 5) is 0. The van der Waals surface area contributed by atoms with Gasteiger partial charge in [0.1, 0.15) is 11.6 Å². The molecule has 0 spiro atoms. The first-order valence-electron chi connectivity index (χ1n) is 6.50. The minimum Gasteiger partial charge on any atom is -0.381 e. The Labute approximate surface area is 120 Å². The fraction of sp³-hybridized carbons (Fsp3) is 0.0625. The van der Waals surface area contributed by atoms with Crippen LogP contribution < -0.4 is 5.32 Å². The lowest BCUT2D eigenvalue weighted by Gasteiger charge is -2.08. The van der Waals surface area contributed by atoms with Crippen LogP contribution in [0.4, 0.5) is 14.5 Å². The molecule has 1 heterocycles. The SMILES string of the molecule is Fc1ccc(CNc2ccc(-c3ccn[nH]3)cc2)c(F)c1. The van der Waals surface area contributed by atoms with E-state index in [9.17, 15) is 8.78 Å². The molecule has 0 saturated carbocycles. The quantitative estimate of drug-likeness (QED) is 0.761. The van der Waals surface area contributed by atoms with E-state index in [1.54, 1.807) is 6.20 Å². The van der Waals surface area contributed by atoms with Crippen LogP contribution in [0.5, 0.6) is 0 Å². The number of aromatic nitrogens is 2. The van der Waals surface area contributed by atoms with Crippen LogP contribution in [0.1, 0.15) is 5.56 Å². The summed E-state index contributed by atoms with van der Waals surface area (Å²) in [5.41, 5.74) is 3.24. The van der Waals surface area contributed by atoms with Crippen molar-refractivity contribution in [2.45, 2.75) is 6.54 Å². The van der Waals surface area contributed by atoms with Gasteiger partial charge in [0.15, 0.2) is 0 Å². The topological polar surface area (TPSA) is 40.7 Å². The van der Waals surface area contributed by atoms with Crippen molar-refractivity contribution in [3.63, 3.8) is 0 Å². The molecule has 1 aromatic heterocycles. The molecule has 106 valence electrons. The van der Waals surface area contributed by atoms with Gasteiger partial charge in [-0.3, -0.25) is 5.10 Å². The number of anilines is 1. The molecule has 0 aliphatic rings. The van der Waals surface area contributed by atoms with E-state index in [0.717, 1.165) is 23.0 Å². The molecule has 0 radical (unpaired) electrons. The Morgan fingerprint density at radius 1 is 1.00 bits per heavy atom. The van der Waals surface area contributed by atoms with Crippen molar-refractivity contribution in [2.75, 3.05) is 5.32 Å². The van der Waals surface area contributed by atoms with Gasteiger partial charge in [-0.25, -0.2) is 8.78 Å². The van der Waals surface area contributed by atoms with Crippen molar-refractivity contribution >= 4 is 5.69 Å². The standard InChI is InChI=1S/C16H13F2N3/c17-13-4-1-12(15(18)9-13)10-19-14-5-2-11(3-6-14)16-7-8-20-21-16/h1-9,19H,10H2,(H,20,21). The van der Waals surface area contributed by atoms with E-state index in [-0.39, 0.29) is 0 Å². The lowest BCUT2D eigenvalue weighted by Crippen LogP contribution is -2.02. The lowest BCUT2D eigenvalue weighted by atomic mass is 10.1. The van der Waals surface area contributed by atoms with E-state index in [1.165, 1.54) is 12.1 Å². The van der Waals surface area contributed by atoms with Crippen molar-refractivity contribution in [3.05, 3.63) is 71.9 Å². The van der Waals surface area contributed by atoms with Crippen molar-refractivity contribution in [2.24, 2.45) is 0 Å². The van der Waals surface area contributed by atoms with E-state index in [0.29, 0.717) is 12.1 Å². The highest BCUT2D eigenvalue weighted by atomic mass is 19.1. The zero-order valence-corrected chi connectivity index (χ0v) is 11.1. The molecule has 0 aliphatic carbocycles. The molecule has 0 bridgehead atoms. The Morgan fingerprint density at radius 3 is 2.48 bits per heavy atom. The van der Waals surface area contributed by atoms with Crippen molar-refractivity contribution in [3.8, 4) is 11.3 Å². The number of rotatable bonds is 4. The van der Waals surface area contributed by atoms with Crippen LogP contribution in [-0.4, -0.2) is 10.2 Å². The first kappa shape index (κ1) is 13.3. The number of nitrogens with zero attached hydrogens (tertiary/aromatic N) is 1. The molecular formula is C16H13F2N3. The average molecular weight is 285 g/mol. The van der Waals surface area contributed by atoms with E-state index >= 15 is 0 Å². The zero-order chi connectivity index (χ0) is 14.7. The Hall–Kier alpha value is -2.69. The van der Waals surface area contributed by atoms with Gasteiger partial charge in [-0.05, 0) is 29.8 Å². The summed E-state index contributed by atoms with van der Waals surface area (Å²) in [5, 5.41) is 9.89. The highest BCUT2D eigenvalue weighted by molar-refractivity contribution is 5.62. The Bertz CT molecular complexity index is 722. The van der Waals surface area contributed by atoms with Crippen LogP contribution in [-0.2, 0) is 6.54 Å². The second kappa shape index (κ2) is 5.75. The van der Waals surface area contributed by atoms with Gasteiger partial charge in [0, 0.05) is 30.1 Å². The second-order valence-corrected chi connectivity index (χ2v) is 4.64. The van der Waals surface area contributed by atoms with Crippen molar-refractivity contribution in [1.29, 1.82) is 0 Å². The summed E-state index contributed by atoms with van der Waals surface area (Å²) in [6.45, 7) is 0.301. The normalized spacial score (nSPS) is 10.6. The summed E-state index contributed by atoms with van der Waals surface area (Å²) < 4.78 is 26.3. The number of benzene rings is 2. The number of nitrogens with one attached hydrogen (secondary N) is 2. The molecule has 0 aliphatic heterocycles. The molecule has 0 saturated heterocycles. The molecule has 0 unspecified atom stereocenters. The molecule has 0 atom stereocenters. The van der Waals surface area contributed by atoms with Gasteiger partial charge in [-0.2, -0.15) is 5.10 Å². The molecule has 3 rings (SSSR count). The molecule has 3 nitrogen and oxygen atoms in total. The van der Waals surface area contributed by atoms with Crippen LogP contribution >= 0.6 is 0 Å². The van der Waals surface area contributed by atoms with Gasteiger partial charge in [0.25, 0.3) is 0 Å². The van der Waals surface area contributed by atoms with E-state index in [1.807, 2.05) is 30.3 Å². The van der Waals surface area contributed by atoms with Gasteiger partial charge in [0.2, 0.25) is 0 Å². The smallest absolute Gasteiger partial charge is 0.131 e. The number of halogens is 2. The number of hydrogen-bond acceptors (Lipinski definition) is 2. The third-order valence-corrected chi connectivity index (χ3v) is 3.19. The molecule has 0 amide bonds. The minimum atomic E-state index is -0.569. The lowest BCUT2D eigenvalue weighted by molar-refractivity contribution is 0.574. The first-order chi connectivity index (χ1) is 10.2. The van der Waals surface area contributed by atoms with Gasteiger partial charge in [-0.1, -0.05) is 18.2 Å². The van der Waals surface area contributed by atoms with Gasteiger partial charge in [0.05, 0.1) is 5.69 Å². The second-order valence-electron chi connectivity index (χ2n) is 4.64. The van der Waals surface area contributed by atoms with Gasteiger partial charge >= 0.3 is 0 Å². The van der Waals surface area contributed by atoms with Crippen LogP contribution in [0.25, 0.3) is 11.3 Å².